The van der Waals surface area contributed by atoms with Gasteiger partial charge in [0.05, 0.1) is 0 Å². The molecule has 0 heterocycles. The van der Waals surface area contributed by atoms with Crippen LogP contribution in [0.1, 0.15) is 19.3 Å². The molecule has 1 rings (SSSR count). The van der Waals surface area contributed by atoms with Crippen LogP contribution in [0.25, 0.3) is 0 Å². The van der Waals surface area contributed by atoms with Gasteiger partial charge in [-0.05, 0) is 31.0 Å². The maximum Gasteiger partial charge on any atom is 0.389 e. The summed E-state index contributed by atoms with van der Waals surface area (Å²) < 4.78 is 48.9. The van der Waals surface area contributed by atoms with Crippen LogP contribution in [0.5, 0.6) is 0 Å². The van der Waals surface area contributed by atoms with E-state index in [4.69, 9.17) is 5.84 Å². The Balaban J connectivity index is 2.32. The zero-order valence-corrected chi connectivity index (χ0v) is 11.0. The Labute approximate surface area is 113 Å². The molecule has 0 fully saturated rings. The maximum absolute atomic E-state index is 12.9. The molecule has 1 unspecified atom stereocenters. The minimum atomic E-state index is -4.13. The minimum absolute atomic E-state index is 0.0298. The molecule has 19 heavy (non-hydrogen) atoms. The lowest BCUT2D eigenvalue weighted by Crippen LogP contribution is -2.37. The van der Waals surface area contributed by atoms with Gasteiger partial charge in [-0.2, -0.15) is 13.2 Å². The number of hydrazine groups is 1. The van der Waals surface area contributed by atoms with Gasteiger partial charge in [0, 0.05) is 23.1 Å². The molecule has 0 spiro atoms. The molecule has 7 heteroatoms. The first-order valence-corrected chi connectivity index (χ1v) is 6.80. The molecule has 1 aromatic carbocycles. The lowest BCUT2D eigenvalue weighted by molar-refractivity contribution is -0.135. The van der Waals surface area contributed by atoms with E-state index in [1.165, 1.54) is 23.9 Å². The molecule has 0 radical (unpaired) electrons. The second-order valence-electron chi connectivity index (χ2n) is 4.14. The number of rotatable bonds is 7. The van der Waals surface area contributed by atoms with Crippen molar-refractivity contribution < 1.29 is 17.6 Å². The van der Waals surface area contributed by atoms with Crippen LogP contribution in [-0.2, 0) is 0 Å². The fourth-order valence-electron chi connectivity index (χ4n) is 1.52. The van der Waals surface area contributed by atoms with Crippen molar-refractivity contribution >= 4 is 11.8 Å². The summed E-state index contributed by atoms with van der Waals surface area (Å²) in [7, 11) is 0. The van der Waals surface area contributed by atoms with Gasteiger partial charge in [-0.3, -0.25) is 11.3 Å². The summed E-state index contributed by atoms with van der Waals surface area (Å²) in [5.41, 5.74) is 2.49. The zero-order chi connectivity index (χ0) is 14.3. The van der Waals surface area contributed by atoms with E-state index in [-0.39, 0.29) is 18.3 Å². The molecule has 0 bridgehead atoms. The van der Waals surface area contributed by atoms with Crippen LogP contribution < -0.4 is 11.3 Å². The van der Waals surface area contributed by atoms with Crippen molar-refractivity contribution in [1.82, 2.24) is 5.43 Å². The summed E-state index contributed by atoms with van der Waals surface area (Å²) in [5, 5.41) is 0. The van der Waals surface area contributed by atoms with Crippen molar-refractivity contribution in [2.75, 3.05) is 5.75 Å². The predicted octanol–water partition coefficient (Wildman–Crippen LogP) is 3.48. The predicted molar refractivity (Wildman–Crippen MR) is 68.1 cm³/mol. The average molecular weight is 296 g/mol. The third-order valence-corrected chi connectivity index (χ3v) is 3.65. The highest BCUT2D eigenvalue weighted by atomic mass is 32.2. The first-order valence-electron chi connectivity index (χ1n) is 5.82. The summed E-state index contributed by atoms with van der Waals surface area (Å²) >= 11 is 1.36. The number of nitrogens with two attached hydrogens (primary N) is 1. The van der Waals surface area contributed by atoms with Crippen LogP contribution in [0.2, 0.25) is 0 Å². The molecule has 0 amide bonds. The lowest BCUT2D eigenvalue weighted by atomic mass is 10.1. The molecule has 0 aliphatic rings. The van der Waals surface area contributed by atoms with Crippen LogP contribution >= 0.6 is 11.8 Å². The van der Waals surface area contributed by atoms with Crippen molar-refractivity contribution in [2.45, 2.75) is 36.4 Å². The average Bonchev–Trinajstić information content (AvgIpc) is 2.32. The van der Waals surface area contributed by atoms with Crippen LogP contribution in [-0.4, -0.2) is 18.0 Å². The number of thioether (sulfide) groups is 1. The highest BCUT2D eigenvalue weighted by Crippen LogP contribution is 2.24. The van der Waals surface area contributed by atoms with Crippen molar-refractivity contribution in [3.63, 3.8) is 0 Å². The fourth-order valence-corrected chi connectivity index (χ4v) is 2.54. The number of alkyl halides is 3. The van der Waals surface area contributed by atoms with E-state index in [0.717, 1.165) is 4.90 Å². The maximum atomic E-state index is 12.9. The summed E-state index contributed by atoms with van der Waals surface area (Å²) in [6.07, 6.45) is -4.58. The summed E-state index contributed by atoms with van der Waals surface area (Å²) in [4.78, 5) is 0.732. The van der Waals surface area contributed by atoms with Gasteiger partial charge >= 0.3 is 6.18 Å². The fraction of sp³-hybridized carbons (Fsp3) is 0.500. The Morgan fingerprint density at radius 2 is 2.05 bits per heavy atom. The summed E-state index contributed by atoms with van der Waals surface area (Å²) in [6, 6.07) is 5.83. The molecule has 0 saturated carbocycles. The summed E-state index contributed by atoms with van der Waals surface area (Å²) in [6.45, 7) is 0. The second kappa shape index (κ2) is 7.72. The topological polar surface area (TPSA) is 38.0 Å². The number of halogens is 4. The van der Waals surface area contributed by atoms with E-state index in [0.29, 0.717) is 12.2 Å². The van der Waals surface area contributed by atoms with Gasteiger partial charge in [0.2, 0.25) is 0 Å². The second-order valence-corrected chi connectivity index (χ2v) is 5.23. The molecular formula is C12H16F4N2S. The van der Waals surface area contributed by atoms with Gasteiger partial charge in [-0.25, -0.2) is 4.39 Å². The van der Waals surface area contributed by atoms with E-state index >= 15 is 0 Å². The van der Waals surface area contributed by atoms with Crippen molar-refractivity contribution in [3.8, 4) is 0 Å². The van der Waals surface area contributed by atoms with Crippen LogP contribution in [0, 0.1) is 5.82 Å². The van der Waals surface area contributed by atoms with Crippen molar-refractivity contribution in [1.29, 1.82) is 0 Å². The van der Waals surface area contributed by atoms with Gasteiger partial charge in [0.15, 0.2) is 0 Å². The molecule has 2 nitrogen and oxygen atoms in total. The van der Waals surface area contributed by atoms with Crippen LogP contribution in [0.4, 0.5) is 17.6 Å². The van der Waals surface area contributed by atoms with E-state index in [9.17, 15) is 17.6 Å². The number of benzene rings is 1. The highest BCUT2D eigenvalue weighted by molar-refractivity contribution is 7.99. The Bertz CT molecular complexity index is 384. The molecular weight excluding hydrogens is 280 g/mol. The molecule has 108 valence electrons. The Hall–Kier alpha value is -0.790. The Kier molecular flexibility index (Phi) is 6.60. The van der Waals surface area contributed by atoms with Gasteiger partial charge < -0.3 is 0 Å². The van der Waals surface area contributed by atoms with Crippen molar-refractivity contribution in [3.05, 3.63) is 30.1 Å². The van der Waals surface area contributed by atoms with Gasteiger partial charge in [-0.15, -0.1) is 11.8 Å². The van der Waals surface area contributed by atoms with E-state index in [1.54, 1.807) is 12.1 Å². The number of nitrogens with one attached hydrogen (secondary N) is 1. The largest absolute Gasteiger partial charge is 0.389 e. The van der Waals surface area contributed by atoms with Crippen LogP contribution in [0.3, 0.4) is 0 Å². The Morgan fingerprint density at radius 3 is 2.63 bits per heavy atom. The normalized spacial score (nSPS) is 13.5. The van der Waals surface area contributed by atoms with E-state index < -0.39 is 12.6 Å². The molecule has 0 aliphatic carbocycles. The third kappa shape index (κ3) is 7.39. The molecule has 1 aromatic rings. The molecule has 3 N–H and O–H groups in total. The standard InChI is InChI=1S/C12H16F4N2S/c13-9-3-1-5-11(7-9)19-8-10(18-17)4-2-6-12(14,15)16/h1,3,5,7,10,18H,2,4,6,8,17H2. The number of hydrogen-bond donors (Lipinski definition) is 2. The third-order valence-electron chi connectivity index (χ3n) is 2.50. The van der Waals surface area contributed by atoms with E-state index in [2.05, 4.69) is 5.43 Å². The number of hydrogen-bond acceptors (Lipinski definition) is 3. The van der Waals surface area contributed by atoms with E-state index in [1.807, 2.05) is 0 Å². The zero-order valence-electron chi connectivity index (χ0n) is 10.2. The highest BCUT2D eigenvalue weighted by Gasteiger charge is 2.26. The quantitative estimate of drug-likeness (QED) is 0.350. The minimum Gasteiger partial charge on any atom is -0.271 e. The first-order chi connectivity index (χ1) is 8.90. The van der Waals surface area contributed by atoms with Crippen LogP contribution in [0.15, 0.2) is 29.2 Å². The van der Waals surface area contributed by atoms with Gasteiger partial charge in [0.25, 0.3) is 0 Å². The lowest BCUT2D eigenvalue weighted by Gasteiger charge is -2.16. The smallest absolute Gasteiger partial charge is 0.271 e. The molecule has 0 aliphatic heterocycles. The van der Waals surface area contributed by atoms with Gasteiger partial charge in [-0.1, -0.05) is 6.07 Å². The first kappa shape index (κ1) is 16.3. The molecule has 0 saturated heterocycles. The summed E-state index contributed by atoms with van der Waals surface area (Å²) in [5.74, 6) is 5.46. The SMILES string of the molecule is NNC(CCCC(F)(F)F)CSc1cccc(F)c1. The Morgan fingerprint density at radius 1 is 1.32 bits per heavy atom. The van der Waals surface area contributed by atoms with Gasteiger partial charge in [0.1, 0.15) is 5.82 Å². The monoisotopic (exact) mass is 296 g/mol. The molecule has 1 atom stereocenters. The van der Waals surface area contributed by atoms with Crippen molar-refractivity contribution in [2.24, 2.45) is 5.84 Å². The molecule has 0 aromatic heterocycles.